The maximum Gasteiger partial charge on any atom is 0.244 e. The molecule has 2 rings (SSSR count). The van der Waals surface area contributed by atoms with Crippen molar-refractivity contribution in [1.29, 1.82) is 0 Å². The average Bonchev–Trinajstić information content (AvgIpc) is 2.72. The minimum absolute atomic E-state index is 0.177. The zero-order valence-corrected chi connectivity index (χ0v) is 20.6. The highest BCUT2D eigenvalue weighted by Gasteiger charge is 2.30. The summed E-state index contributed by atoms with van der Waals surface area (Å²) in [6.07, 6.45) is 1.04. The number of halogens is 1. The van der Waals surface area contributed by atoms with E-state index in [0.29, 0.717) is 22.8 Å². The number of sulfonamides is 1. The Balaban J connectivity index is 2.45. The molecule has 0 saturated heterocycles. The predicted molar refractivity (Wildman–Crippen MR) is 128 cm³/mol. The van der Waals surface area contributed by atoms with Gasteiger partial charge in [0.2, 0.25) is 21.8 Å². The molecule has 32 heavy (non-hydrogen) atoms. The molecule has 2 aromatic carbocycles. The summed E-state index contributed by atoms with van der Waals surface area (Å²) in [7, 11) is -3.80. The molecule has 0 fully saturated rings. The molecular weight excluding hydrogens is 450 g/mol. The van der Waals surface area contributed by atoms with Crippen LogP contribution in [0.1, 0.15) is 30.5 Å². The number of anilines is 1. The summed E-state index contributed by atoms with van der Waals surface area (Å²) in [5.41, 5.74) is 2.73. The SMILES string of the molecule is CCNC(=O)[C@H](C)N(Cc1ccccc1C)C(=O)CN(c1cccc(Cl)c1C)S(C)(=O)=O. The van der Waals surface area contributed by atoms with Crippen LogP contribution >= 0.6 is 11.6 Å². The molecule has 0 aliphatic rings. The number of carbonyl (C=O) groups is 2. The largest absolute Gasteiger partial charge is 0.355 e. The molecule has 2 aromatic rings. The third-order valence-electron chi connectivity index (χ3n) is 5.31. The van der Waals surface area contributed by atoms with E-state index in [9.17, 15) is 18.0 Å². The molecule has 2 amide bonds. The lowest BCUT2D eigenvalue weighted by atomic mass is 10.1. The molecule has 0 radical (unpaired) electrons. The van der Waals surface area contributed by atoms with Crippen molar-refractivity contribution in [2.45, 2.75) is 40.3 Å². The van der Waals surface area contributed by atoms with Gasteiger partial charge in [-0.2, -0.15) is 0 Å². The lowest BCUT2D eigenvalue weighted by Crippen LogP contribution is -2.51. The average molecular weight is 480 g/mol. The van der Waals surface area contributed by atoms with Crippen LogP contribution in [0.2, 0.25) is 5.02 Å². The number of hydrogen-bond acceptors (Lipinski definition) is 4. The third kappa shape index (κ3) is 6.23. The van der Waals surface area contributed by atoms with Crippen molar-refractivity contribution < 1.29 is 18.0 Å². The normalized spacial score (nSPS) is 12.2. The summed E-state index contributed by atoms with van der Waals surface area (Å²) in [5.74, 6) is -0.795. The Morgan fingerprint density at radius 1 is 1.09 bits per heavy atom. The molecule has 0 aliphatic heterocycles. The molecule has 0 saturated carbocycles. The van der Waals surface area contributed by atoms with Crippen LogP contribution in [0, 0.1) is 13.8 Å². The van der Waals surface area contributed by atoms with Gasteiger partial charge in [-0.25, -0.2) is 8.42 Å². The van der Waals surface area contributed by atoms with E-state index in [1.54, 1.807) is 39.0 Å². The summed E-state index contributed by atoms with van der Waals surface area (Å²) >= 11 is 6.19. The summed E-state index contributed by atoms with van der Waals surface area (Å²) in [6, 6.07) is 11.7. The number of hydrogen-bond donors (Lipinski definition) is 1. The maximum absolute atomic E-state index is 13.4. The molecule has 0 heterocycles. The van der Waals surface area contributed by atoms with Crippen LogP contribution in [-0.4, -0.2) is 50.5 Å². The van der Waals surface area contributed by atoms with E-state index in [0.717, 1.165) is 21.7 Å². The second-order valence-corrected chi connectivity index (χ2v) is 9.99. The molecule has 0 bridgehead atoms. The van der Waals surface area contributed by atoms with Gasteiger partial charge in [-0.1, -0.05) is 41.9 Å². The monoisotopic (exact) mass is 479 g/mol. The van der Waals surface area contributed by atoms with Gasteiger partial charge in [0.05, 0.1) is 11.9 Å². The number of nitrogens with one attached hydrogen (secondary N) is 1. The highest BCUT2D eigenvalue weighted by Crippen LogP contribution is 2.28. The number of aryl methyl sites for hydroxylation is 1. The molecular formula is C23H30ClN3O4S. The Morgan fingerprint density at radius 3 is 2.34 bits per heavy atom. The molecule has 174 valence electrons. The third-order valence-corrected chi connectivity index (χ3v) is 6.84. The first-order valence-corrected chi connectivity index (χ1v) is 12.5. The molecule has 1 atom stereocenters. The van der Waals surface area contributed by atoms with Crippen LogP contribution in [0.15, 0.2) is 42.5 Å². The van der Waals surface area contributed by atoms with Crippen molar-refractivity contribution in [1.82, 2.24) is 10.2 Å². The van der Waals surface area contributed by atoms with Gasteiger partial charge >= 0.3 is 0 Å². The van der Waals surface area contributed by atoms with E-state index in [-0.39, 0.29) is 12.5 Å². The standard InChI is InChI=1S/C23H30ClN3O4S/c1-6-25-23(29)18(4)26(14-19-11-8-7-10-16(19)2)22(28)15-27(32(5,30)31)21-13-9-12-20(24)17(21)3/h7-13,18H,6,14-15H2,1-5H3,(H,25,29)/t18-/m0/s1. The molecule has 1 N–H and O–H groups in total. The number of carbonyl (C=O) groups excluding carboxylic acids is 2. The van der Waals surface area contributed by atoms with Gasteiger partial charge in [0.15, 0.2) is 0 Å². The zero-order valence-electron chi connectivity index (χ0n) is 19.1. The molecule has 7 nitrogen and oxygen atoms in total. The summed E-state index contributed by atoms with van der Waals surface area (Å²) < 4.78 is 26.2. The minimum atomic E-state index is -3.80. The second kappa shape index (κ2) is 10.8. The van der Waals surface area contributed by atoms with Crippen molar-refractivity contribution in [3.63, 3.8) is 0 Å². The molecule has 0 spiro atoms. The van der Waals surface area contributed by atoms with Crippen molar-refractivity contribution in [3.05, 3.63) is 64.2 Å². The second-order valence-electron chi connectivity index (χ2n) is 7.67. The van der Waals surface area contributed by atoms with Gasteiger partial charge in [-0.15, -0.1) is 0 Å². The maximum atomic E-state index is 13.4. The fraction of sp³-hybridized carbons (Fsp3) is 0.391. The summed E-state index contributed by atoms with van der Waals surface area (Å²) in [4.78, 5) is 27.4. The van der Waals surface area contributed by atoms with E-state index >= 15 is 0 Å². The lowest BCUT2D eigenvalue weighted by Gasteiger charge is -2.32. The molecule has 0 unspecified atom stereocenters. The van der Waals surface area contributed by atoms with Crippen LogP contribution < -0.4 is 9.62 Å². The lowest BCUT2D eigenvalue weighted by molar-refractivity contribution is -0.139. The van der Waals surface area contributed by atoms with Crippen molar-refractivity contribution in [2.24, 2.45) is 0 Å². The van der Waals surface area contributed by atoms with E-state index in [1.165, 1.54) is 4.90 Å². The number of nitrogens with zero attached hydrogens (tertiary/aromatic N) is 2. The first-order valence-electron chi connectivity index (χ1n) is 10.3. The van der Waals surface area contributed by atoms with E-state index in [2.05, 4.69) is 5.32 Å². The van der Waals surface area contributed by atoms with Crippen molar-refractivity contribution >= 4 is 39.1 Å². The Kier molecular flexibility index (Phi) is 8.69. The van der Waals surface area contributed by atoms with Gasteiger partial charge in [-0.05, 0) is 56.5 Å². The quantitative estimate of drug-likeness (QED) is 0.598. The Labute approximate surface area is 195 Å². The number of benzene rings is 2. The van der Waals surface area contributed by atoms with Crippen LogP contribution in [0.5, 0.6) is 0 Å². The smallest absolute Gasteiger partial charge is 0.244 e. The molecule has 9 heteroatoms. The zero-order chi connectivity index (χ0) is 24.1. The van der Waals surface area contributed by atoms with E-state index < -0.39 is 28.5 Å². The highest BCUT2D eigenvalue weighted by molar-refractivity contribution is 7.92. The molecule has 0 aromatic heterocycles. The van der Waals surface area contributed by atoms with E-state index in [4.69, 9.17) is 11.6 Å². The topological polar surface area (TPSA) is 86.8 Å². The Morgan fingerprint density at radius 2 is 1.75 bits per heavy atom. The van der Waals surface area contributed by atoms with Crippen LogP contribution in [0.4, 0.5) is 5.69 Å². The van der Waals surface area contributed by atoms with Crippen LogP contribution in [0.3, 0.4) is 0 Å². The highest BCUT2D eigenvalue weighted by atomic mass is 35.5. The van der Waals surface area contributed by atoms with Crippen molar-refractivity contribution in [2.75, 3.05) is 23.7 Å². The first-order chi connectivity index (χ1) is 15.0. The minimum Gasteiger partial charge on any atom is -0.355 e. The summed E-state index contributed by atoms with van der Waals surface area (Å²) in [5, 5.41) is 3.13. The number of likely N-dealkylation sites (N-methyl/N-ethyl adjacent to an activating group) is 1. The Hall–Kier alpha value is -2.58. The van der Waals surface area contributed by atoms with E-state index in [1.807, 2.05) is 31.2 Å². The number of amides is 2. The van der Waals surface area contributed by atoms with Crippen molar-refractivity contribution in [3.8, 4) is 0 Å². The number of rotatable bonds is 9. The van der Waals surface area contributed by atoms with Crippen LogP contribution in [-0.2, 0) is 26.2 Å². The summed E-state index contributed by atoms with van der Waals surface area (Å²) in [6.45, 7) is 7.20. The fourth-order valence-electron chi connectivity index (χ4n) is 3.34. The first kappa shape index (κ1) is 25.7. The van der Waals surface area contributed by atoms with Gasteiger partial charge in [-0.3, -0.25) is 13.9 Å². The van der Waals surface area contributed by atoms with Crippen LogP contribution in [0.25, 0.3) is 0 Å². The Bertz CT molecular complexity index is 1090. The molecule has 0 aliphatic carbocycles. The van der Waals surface area contributed by atoms with Gasteiger partial charge in [0.1, 0.15) is 12.6 Å². The van der Waals surface area contributed by atoms with Gasteiger partial charge in [0, 0.05) is 18.1 Å². The van der Waals surface area contributed by atoms with Gasteiger partial charge < -0.3 is 10.2 Å². The predicted octanol–water partition coefficient (Wildman–Crippen LogP) is 3.28. The fourth-order valence-corrected chi connectivity index (χ4v) is 4.41. The van der Waals surface area contributed by atoms with Gasteiger partial charge in [0.25, 0.3) is 0 Å².